The Morgan fingerprint density at radius 3 is 2.71 bits per heavy atom. The smallest absolute Gasteiger partial charge is 0.148 e. The molecule has 1 N–H and O–H groups in total. The Kier molecular flexibility index (Phi) is 5.50. The van der Waals surface area contributed by atoms with Gasteiger partial charge >= 0.3 is 0 Å². The van der Waals surface area contributed by atoms with E-state index < -0.39 is 0 Å². The molecule has 0 radical (unpaired) electrons. The van der Waals surface area contributed by atoms with Crippen molar-refractivity contribution in [2.24, 2.45) is 0 Å². The molecule has 1 fully saturated rings. The second-order valence-corrected chi connectivity index (χ2v) is 6.80. The van der Waals surface area contributed by atoms with E-state index in [9.17, 15) is 0 Å². The van der Waals surface area contributed by atoms with Gasteiger partial charge in [-0.1, -0.05) is 12.5 Å². The minimum atomic E-state index is 0.258. The van der Waals surface area contributed by atoms with Gasteiger partial charge in [0.1, 0.15) is 17.6 Å². The number of rotatable bonds is 5. The number of likely N-dealkylation sites (tertiary alicyclic amines) is 1. The van der Waals surface area contributed by atoms with Crippen LogP contribution in [0.3, 0.4) is 0 Å². The van der Waals surface area contributed by atoms with Crippen molar-refractivity contribution in [2.75, 3.05) is 11.9 Å². The predicted molar refractivity (Wildman–Crippen MR) is 106 cm³/mol. The zero-order chi connectivity index (χ0) is 19.2. The molecule has 140 valence electrons. The number of nitrogens with one attached hydrogen (secondary N) is 1. The third-order valence-corrected chi connectivity index (χ3v) is 4.87. The molecule has 0 saturated carbocycles. The molecule has 3 aromatic heterocycles. The molecule has 7 heteroatoms. The van der Waals surface area contributed by atoms with Crippen LogP contribution in [0.1, 0.15) is 42.4 Å². The molecular weight excluding hydrogens is 350 g/mol. The lowest BCUT2D eigenvalue weighted by Gasteiger charge is -2.34. The summed E-state index contributed by atoms with van der Waals surface area (Å²) in [6.07, 6.45) is 10.5. The summed E-state index contributed by atoms with van der Waals surface area (Å²) >= 11 is 0. The first-order valence-corrected chi connectivity index (χ1v) is 9.41. The Morgan fingerprint density at radius 2 is 2.00 bits per heavy atom. The van der Waals surface area contributed by atoms with Crippen molar-refractivity contribution in [3.05, 3.63) is 72.2 Å². The van der Waals surface area contributed by atoms with Gasteiger partial charge in [0.25, 0.3) is 0 Å². The van der Waals surface area contributed by atoms with Gasteiger partial charge in [-0.3, -0.25) is 14.9 Å². The van der Waals surface area contributed by atoms with E-state index in [1.54, 1.807) is 24.5 Å². The number of hydrogen-bond donors (Lipinski definition) is 1. The highest BCUT2D eigenvalue weighted by Gasteiger charge is 2.25. The number of nitrogens with zero attached hydrogens (tertiary/aromatic N) is 6. The minimum Gasteiger partial charge on any atom is -0.338 e. The van der Waals surface area contributed by atoms with Crippen molar-refractivity contribution in [3.8, 4) is 6.07 Å². The summed E-state index contributed by atoms with van der Waals surface area (Å²) in [6.45, 7) is 1.87. The van der Waals surface area contributed by atoms with Crippen LogP contribution in [0, 0.1) is 11.3 Å². The number of piperidine rings is 1. The first kappa shape index (κ1) is 18.0. The Hall–Kier alpha value is -3.37. The van der Waals surface area contributed by atoms with Crippen molar-refractivity contribution in [1.82, 2.24) is 24.8 Å². The SMILES string of the molecule is N#Cc1ccc(Nc2cnc([C@@H]3CCCCN3Cc3ccccn3)cn2)cn1. The molecule has 0 aromatic carbocycles. The van der Waals surface area contributed by atoms with E-state index in [2.05, 4.69) is 36.2 Å². The van der Waals surface area contributed by atoms with E-state index >= 15 is 0 Å². The van der Waals surface area contributed by atoms with E-state index in [0.717, 1.165) is 36.6 Å². The van der Waals surface area contributed by atoms with Crippen LogP contribution in [-0.4, -0.2) is 31.4 Å². The molecule has 4 heterocycles. The molecule has 0 amide bonds. The van der Waals surface area contributed by atoms with Crippen LogP contribution in [0.4, 0.5) is 11.5 Å². The highest BCUT2D eigenvalue weighted by Crippen LogP contribution is 2.30. The van der Waals surface area contributed by atoms with E-state index in [4.69, 9.17) is 5.26 Å². The predicted octanol–water partition coefficient (Wildman–Crippen LogP) is 3.61. The summed E-state index contributed by atoms with van der Waals surface area (Å²) in [5, 5.41) is 12.0. The molecule has 1 aliphatic heterocycles. The zero-order valence-electron chi connectivity index (χ0n) is 15.5. The summed E-state index contributed by atoms with van der Waals surface area (Å²) in [5.41, 5.74) is 3.22. The number of aromatic nitrogens is 4. The Morgan fingerprint density at radius 1 is 1.04 bits per heavy atom. The fourth-order valence-corrected chi connectivity index (χ4v) is 3.47. The second kappa shape index (κ2) is 8.55. The topological polar surface area (TPSA) is 90.6 Å². The lowest BCUT2D eigenvalue weighted by atomic mass is 9.99. The van der Waals surface area contributed by atoms with Gasteiger partial charge in [0.2, 0.25) is 0 Å². The van der Waals surface area contributed by atoms with Crippen molar-refractivity contribution in [3.63, 3.8) is 0 Å². The first-order valence-electron chi connectivity index (χ1n) is 9.41. The van der Waals surface area contributed by atoms with Crippen LogP contribution >= 0.6 is 0 Å². The Bertz CT molecular complexity index is 933. The van der Waals surface area contributed by atoms with Crippen LogP contribution in [0.15, 0.2) is 55.1 Å². The molecule has 0 unspecified atom stereocenters. The molecule has 3 aromatic rings. The number of nitriles is 1. The van der Waals surface area contributed by atoms with Gasteiger partial charge < -0.3 is 5.32 Å². The zero-order valence-corrected chi connectivity index (χ0v) is 15.5. The van der Waals surface area contributed by atoms with E-state index in [-0.39, 0.29) is 6.04 Å². The van der Waals surface area contributed by atoms with Crippen LogP contribution in [0.5, 0.6) is 0 Å². The van der Waals surface area contributed by atoms with Crippen molar-refractivity contribution < 1.29 is 0 Å². The Labute approximate surface area is 164 Å². The first-order chi connectivity index (χ1) is 13.8. The van der Waals surface area contributed by atoms with Crippen molar-refractivity contribution in [2.45, 2.75) is 31.8 Å². The fourth-order valence-electron chi connectivity index (χ4n) is 3.47. The largest absolute Gasteiger partial charge is 0.338 e. The molecule has 4 rings (SSSR count). The number of anilines is 2. The summed E-state index contributed by atoms with van der Waals surface area (Å²) in [7, 11) is 0. The molecule has 28 heavy (non-hydrogen) atoms. The molecule has 0 bridgehead atoms. The molecular formula is C21H21N7. The van der Waals surface area contributed by atoms with E-state index in [1.165, 1.54) is 12.8 Å². The maximum Gasteiger partial charge on any atom is 0.148 e. The van der Waals surface area contributed by atoms with Gasteiger partial charge in [-0.05, 0) is 43.7 Å². The maximum absolute atomic E-state index is 8.82. The summed E-state index contributed by atoms with van der Waals surface area (Å²) in [5.74, 6) is 0.655. The average molecular weight is 371 g/mol. The van der Waals surface area contributed by atoms with E-state index in [0.29, 0.717) is 11.5 Å². The van der Waals surface area contributed by atoms with E-state index in [1.807, 2.05) is 30.6 Å². The third-order valence-electron chi connectivity index (χ3n) is 4.87. The van der Waals surface area contributed by atoms with Crippen LogP contribution in [0.2, 0.25) is 0 Å². The lowest BCUT2D eigenvalue weighted by molar-refractivity contribution is 0.135. The maximum atomic E-state index is 8.82. The quantitative estimate of drug-likeness (QED) is 0.732. The fraction of sp³-hybridized carbons (Fsp3) is 0.286. The number of hydrogen-bond acceptors (Lipinski definition) is 7. The molecule has 1 aliphatic rings. The van der Waals surface area contributed by atoms with Crippen LogP contribution in [-0.2, 0) is 6.54 Å². The average Bonchev–Trinajstić information content (AvgIpc) is 2.76. The minimum absolute atomic E-state index is 0.258. The summed E-state index contributed by atoms with van der Waals surface area (Å²) < 4.78 is 0. The lowest BCUT2D eigenvalue weighted by Crippen LogP contribution is -2.33. The summed E-state index contributed by atoms with van der Waals surface area (Å²) in [4.78, 5) is 20.1. The van der Waals surface area contributed by atoms with Gasteiger partial charge in [0.05, 0.1) is 41.7 Å². The van der Waals surface area contributed by atoms with Gasteiger partial charge in [0.15, 0.2) is 0 Å². The standard InChI is InChI=1S/C21H21N7/c22-11-16-7-8-17(12-24-16)27-21-14-25-19(13-26-21)20-6-2-4-10-28(20)15-18-5-1-3-9-23-18/h1,3,5,7-9,12-14,20H,2,4,6,10,15H2,(H,26,27)/t20-/m0/s1. The molecule has 0 spiro atoms. The van der Waals surface area contributed by atoms with Gasteiger partial charge in [-0.15, -0.1) is 0 Å². The normalized spacial score (nSPS) is 17.0. The van der Waals surface area contributed by atoms with Gasteiger partial charge in [-0.2, -0.15) is 5.26 Å². The van der Waals surface area contributed by atoms with Crippen LogP contribution in [0.25, 0.3) is 0 Å². The summed E-state index contributed by atoms with van der Waals surface area (Å²) in [6, 6.07) is 11.8. The molecule has 1 atom stereocenters. The molecule has 1 saturated heterocycles. The third kappa shape index (κ3) is 4.30. The van der Waals surface area contributed by atoms with Gasteiger partial charge in [0, 0.05) is 12.7 Å². The highest BCUT2D eigenvalue weighted by molar-refractivity contribution is 5.54. The molecule has 7 nitrogen and oxygen atoms in total. The van der Waals surface area contributed by atoms with Crippen molar-refractivity contribution in [1.29, 1.82) is 5.26 Å². The Balaban J connectivity index is 1.46. The van der Waals surface area contributed by atoms with Gasteiger partial charge in [-0.25, -0.2) is 9.97 Å². The molecule has 0 aliphatic carbocycles. The second-order valence-electron chi connectivity index (χ2n) is 6.80. The van der Waals surface area contributed by atoms with Crippen LogP contribution < -0.4 is 5.32 Å². The highest BCUT2D eigenvalue weighted by atomic mass is 15.2. The van der Waals surface area contributed by atoms with Crippen molar-refractivity contribution >= 4 is 11.5 Å². The number of pyridine rings is 2. The monoisotopic (exact) mass is 371 g/mol.